The second kappa shape index (κ2) is 4.71. The number of nitrogens with one attached hydrogen (secondary N) is 2. The van der Waals surface area contributed by atoms with E-state index in [0.29, 0.717) is 0 Å². The molecule has 0 amide bonds. The number of fused-ring (bicyclic) bond motifs is 1. The third-order valence-corrected chi connectivity index (χ3v) is 3.15. The summed E-state index contributed by atoms with van der Waals surface area (Å²) >= 11 is 0. The second-order valence-corrected chi connectivity index (χ2v) is 4.37. The number of aryl methyl sites for hydroxylation is 2. The molecule has 0 radical (unpaired) electrons. The topological polar surface area (TPSA) is 27.8 Å². The molecule has 2 nitrogen and oxygen atoms in total. The minimum absolute atomic E-state index is 1.04. The van der Waals surface area contributed by atoms with Gasteiger partial charge in [0.2, 0.25) is 0 Å². The lowest BCUT2D eigenvalue weighted by Gasteiger charge is -2.04. The van der Waals surface area contributed by atoms with Gasteiger partial charge in [0.15, 0.2) is 0 Å². The number of rotatable bonds is 4. The number of hydrogen-bond acceptors (Lipinski definition) is 1. The average molecular weight is 216 g/mol. The van der Waals surface area contributed by atoms with Gasteiger partial charge in [-0.25, -0.2) is 0 Å². The summed E-state index contributed by atoms with van der Waals surface area (Å²) in [6.07, 6.45) is 3.25. The van der Waals surface area contributed by atoms with E-state index in [0.717, 1.165) is 19.5 Å². The maximum atomic E-state index is 3.40. The van der Waals surface area contributed by atoms with Crippen molar-refractivity contribution in [3.63, 3.8) is 0 Å². The highest BCUT2D eigenvalue weighted by Gasteiger charge is 2.07. The molecule has 86 valence electrons. The van der Waals surface area contributed by atoms with Gasteiger partial charge in [-0.15, -0.1) is 0 Å². The van der Waals surface area contributed by atoms with E-state index in [1.807, 2.05) is 0 Å². The molecule has 2 N–H and O–H groups in total. The Morgan fingerprint density at radius 2 is 1.94 bits per heavy atom. The molecule has 16 heavy (non-hydrogen) atoms. The fourth-order valence-electron chi connectivity index (χ4n) is 2.24. The van der Waals surface area contributed by atoms with Crippen molar-refractivity contribution in [2.45, 2.75) is 27.2 Å². The number of likely N-dealkylation sites (N-methyl/N-ethyl adjacent to an activating group) is 1. The van der Waals surface area contributed by atoms with Gasteiger partial charge in [0.25, 0.3) is 0 Å². The van der Waals surface area contributed by atoms with E-state index < -0.39 is 0 Å². The predicted octanol–water partition coefficient (Wildman–Crippen LogP) is 2.94. The fraction of sp³-hybridized carbons (Fsp3) is 0.429. The Balaban J connectivity index is 2.36. The van der Waals surface area contributed by atoms with Gasteiger partial charge in [0, 0.05) is 17.1 Å². The third kappa shape index (κ3) is 1.98. The minimum atomic E-state index is 1.04. The van der Waals surface area contributed by atoms with Gasteiger partial charge < -0.3 is 10.3 Å². The molecular formula is C14H20N2. The maximum Gasteiger partial charge on any atom is 0.0489 e. The minimum Gasteiger partial charge on any atom is -0.361 e. The highest BCUT2D eigenvalue weighted by Crippen LogP contribution is 2.25. The average Bonchev–Trinajstić information content (AvgIpc) is 2.69. The molecular weight excluding hydrogens is 196 g/mol. The van der Waals surface area contributed by atoms with E-state index in [-0.39, 0.29) is 0 Å². The van der Waals surface area contributed by atoms with Crippen LogP contribution < -0.4 is 5.32 Å². The number of benzene rings is 1. The Kier molecular flexibility index (Phi) is 3.30. The molecule has 0 aliphatic carbocycles. The van der Waals surface area contributed by atoms with Crippen LogP contribution in [0.25, 0.3) is 10.9 Å². The Morgan fingerprint density at radius 1 is 1.19 bits per heavy atom. The SMILES string of the molecule is CCNCCc1c[nH]c2c(C)ccc(C)c12. The van der Waals surface area contributed by atoms with E-state index in [2.05, 4.69) is 49.4 Å². The Morgan fingerprint density at radius 3 is 2.69 bits per heavy atom. The van der Waals surface area contributed by atoms with Crippen molar-refractivity contribution in [3.05, 3.63) is 35.0 Å². The van der Waals surface area contributed by atoms with Gasteiger partial charge in [-0.2, -0.15) is 0 Å². The molecule has 0 unspecified atom stereocenters. The Bertz CT molecular complexity index is 483. The molecule has 2 aromatic rings. The second-order valence-electron chi connectivity index (χ2n) is 4.37. The van der Waals surface area contributed by atoms with Crippen LogP contribution in [0.2, 0.25) is 0 Å². The number of hydrogen-bond donors (Lipinski definition) is 2. The van der Waals surface area contributed by atoms with Crippen LogP contribution in [0.5, 0.6) is 0 Å². The zero-order valence-corrected chi connectivity index (χ0v) is 10.4. The molecule has 1 aromatic carbocycles. The Labute approximate surface area is 97.1 Å². The zero-order chi connectivity index (χ0) is 11.5. The smallest absolute Gasteiger partial charge is 0.0489 e. The molecule has 2 heteroatoms. The summed E-state index contributed by atoms with van der Waals surface area (Å²) in [6.45, 7) is 8.58. The van der Waals surface area contributed by atoms with Gasteiger partial charge in [-0.1, -0.05) is 19.1 Å². The largest absolute Gasteiger partial charge is 0.361 e. The fourth-order valence-corrected chi connectivity index (χ4v) is 2.24. The summed E-state index contributed by atoms with van der Waals surface area (Å²) in [6, 6.07) is 4.39. The first kappa shape index (κ1) is 11.2. The predicted molar refractivity (Wildman–Crippen MR) is 70.0 cm³/mol. The first-order valence-electron chi connectivity index (χ1n) is 6.01. The summed E-state index contributed by atoms with van der Waals surface area (Å²) in [7, 11) is 0. The van der Waals surface area contributed by atoms with Crippen LogP contribution in [0, 0.1) is 13.8 Å². The first-order valence-corrected chi connectivity index (χ1v) is 6.01. The van der Waals surface area contributed by atoms with Crippen LogP contribution in [0.15, 0.2) is 18.3 Å². The Hall–Kier alpha value is -1.28. The molecule has 0 aliphatic rings. The van der Waals surface area contributed by atoms with Crippen LogP contribution in [-0.2, 0) is 6.42 Å². The van der Waals surface area contributed by atoms with Crippen LogP contribution in [0.4, 0.5) is 0 Å². The van der Waals surface area contributed by atoms with Crippen LogP contribution in [0.1, 0.15) is 23.6 Å². The van der Waals surface area contributed by atoms with Crippen molar-refractivity contribution >= 4 is 10.9 Å². The standard InChI is InChI=1S/C14H20N2/c1-4-15-8-7-12-9-16-14-11(3)6-5-10(2)13(12)14/h5-6,9,15-16H,4,7-8H2,1-3H3. The van der Waals surface area contributed by atoms with Crippen molar-refractivity contribution in [1.29, 1.82) is 0 Å². The van der Waals surface area contributed by atoms with Crippen molar-refractivity contribution in [1.82, 2.24) is 10.3 Å². The van der Waals surface area contributed by atoms with Crippen molar-refractivity contribution in [2.75, 3.05) is 13.1 Å². The molecule has 0 spiro atoms. The van der Waals surface area contributed by atoms with Crippen molar-refractivity contribution < 1.29 is 0 Å². The molecule has 1 aromatic heterocycles. The molecule has 0 saturated heterocycles. The van der Waals surface area contributed by atoms with Crippen molar-refractivity contribution in [2.24, 2.45) is 0 Å². The van der Waals surface area contributed by atoms with Crippen molar-refractivity contribution in [3.8, 4) is 0 Å². The molecule has 0 atom stereocenters. The van der Waals surface area contributed by atoms with Gasteiger partial charge >= 0.3 is 0 Å². The lowest BCUT2D eigenvalue weighted by atomic mass is 10.0. The number of aromatic amines is 1. The number of H-pyrrole nitrogens is 1. The molecule has 0 fully saturated rings. The van der Waals surface area contributed by atoms with E-state index in [4.69, 9.17) is 0 Å². The van der Waals surface area contributed by atoms with E-state index in [9.17, 15) is 0 Å². The molecule has 2 rings (SSSR count). The summed E-state index contributed by atoms with van der Waals surface area (Å²) < 4.78 is 0. The van der Waals surface area contributed by atoms with Crippen LogP contribution in [-0.4, -0.2) is 18.1 Å². The lowest BCUT2D eigenvalue weighted by molar-refractivity contribution is 0.718. The van der Waals surface area contributed by atoms with E-state index in [1.54, 1.807) is 0 Å². The molecule has 0 bridgehead atoms. The van der Waals surface area contributed by atoms with E-state index in [1.165, 1.54) is 27.6 Å². The summed E-state index contributed by atoms with van der Waals surface area (Å²) in [4.78, 5) is 3.40. The molecule has 0 aliphatic heterocycles. The van der Waals surface area contributed by atoms with Gasteiger partial charge in [0.1, 0.15) is 0 Å². The highest BCUT2D eigenvalue weighted by atomic mass is 14.8. The van der Waals surface area contributed by atoms with E-state index >= 15 is 0 Å². The number of aromatic nitrogens is 1. The highest BCUT2D eigenvalue weighted by molar-refractivity contribution is 5.88. The van der Waals surface area contributed by atoms with Gasteiger partial charge in [-0.3, -0.25) is 0 Å². The molecule has 1 heterocycles. The molecule has 0 saturated carbocycles. The van der Waals surface area contributed by atoms with Gasteiger partial charge in [0.05, 0.1) is 0 Å². The summed E-state index contributed by atoms with van der Waals surface area (Å²) in [5, 5.41) is 4.79. The van der Waals surface area contributed by atoms with Crippen LogP contribution in [0.3, 0.4) is 0 Å². The third-order valence-electron chi connectivity index (χ3n) is 3.15. The lowest BCUT2D eigenvalue weighted by Crippen LogP contribution is -2.15. The van der Waals surface area contributed by atoms with Crippen LogP contribution >= 0.6 is 0 Å². The monoisotopic (exact) mass is 216 g/mol. The van der Waals surface area contributed by atoms with Gasteiger partial charge in [-0.05, 0) is 50.0 Å². The quantitative estimate of drug-likeness (QED) is 0.756. The summed E-state index contributed by atoms with van der Waals surface area (Å²) in [5.41, 5.74) is 5.42. The first-order chi connectivity index (χ1) is 7.74. The zero-order valence-electron chi connectivity index (χ0n) is 10.4. The summed E-state index contributed by atoms with van der Waals surface area (Å²) in [5.74, 6) is 0. The maximum absolute atomic E-state index is 3.40. The normalized spacial score (nSPS) is 11.2.